The normalized spacial score (nSPS) is 10.2. The minimum absolute atomic E-state index is 0.394. The van der Waals surface area contributed by atoms with E-state index in [1.54, 1.807) is 31.3 Å². The highest BCUT2D eigenvalue weighted by atomic mass is 16.1. The molecule has 2 aromatic rings. The first-order chi connectivity index (χ1) is 7.18. The summed E-state index contributed by atoms with van der Waals surface area (Å²) in [5, 5.41) is 11.5. The first-order valence-electron chi connectivity index (χ1n) is 4.31. The number of aromatic nitrogens is 4. The lowest BCUT2D eigenvalue weighted by Crippen LogP contribution is -2.12. The highest BCUT2D eigenvalue weighted by molar-refractivity contribution is 5.98. The van der Waals surface area contributed by atoms with Crippen molar-refractivity contribution < 1.29 is 4.79 Å². The molecule has 0 fully saturated rings. The van der Waals surface area contributed by atoms with E-state index in [0.29, 0.717) is 17.0 Å². The summed E-state index contributed by atoms with van der Waals surface area (Å²) in [6.45, 7) is 0. The van der Waals surface area contributed by atoms with Crippen molar-refractivity contribution in [3.8, 4) is 11.4 Å². The Hall–Kier alpha value is -2.24. The summed E-state index contributed by atoms with van der Waals surface area (Å²) < 4.78 is 0. The molecule has 1 aromatic carbocycles. The number of amides is 1. The molecule has 2 rings (SSSR count). The van der Waals surface area contributed by atoms with Crippen LogP contribution in [-0.2, 0) is 7.05 Å². The Morgan fingerprint density at radius 1 is 1.40 bits per heavy atom. The van der Waals surface area contributed by atoms with Gasteiger partial charge in [-0.2, -0.15) is 4.80 Å². The monoisotopic (exact) mass is 203 g/mol. The van der Waals surface area contributed by atoms with E-state index >= 15 is 0 Å². The zero-order chi connectivity index (χ0) is 10.8. The second kappa shape index (κ2) is 3.49. The van der Waals surface area contributed by atoms with Crippen LogP contribution in [0.25, 0.3) is 11.4 Å². The van der Waals surface area contributed by atoms with Crippen LogP contribution in [0.1, 0.15) is 10.4 Å². The van der Waals surface area contributed by atoms with Gasteiger partial charge in [-0.1, -0.05) is 18.2 Å². The number of primary amides is 1. The zero-order valence-electron chi connectivity index (χ0n) is 8.08. The molecule has 0 unspecified atom stereocenters. The van der Waals surface area contributed by atoms with Gasteiger partial charge in [0, 0.05) is 5.56 Å². The summed E-state index contributed by atoms with van der Waals surface area (Å²) in [4.78, 5) is 12.5. The summed E-state index contributed by atoms with van der Waals surface area (Å²) in [5.74, 6) is -0.107. The van der Waals surface area contributed by atoms with Crippen LogP contribution in [0.4, 0.5) is 0 Å². The number of carbonyl (C=O) groups excluding carboxylic acids is 1. The predicted molar refractivity (Wildman–Crippen MR) is 52.8 cm³/mol. The quantitative estimate of drug-likeness (QED) is 0.742. The molecule has 0 aliphatic rings. The highest BCUT2D eigenvalue weighted by Gasteiger charge is 2.12. The van der Waals surface area contributed by atoms with E-state index in [0.717, 1.165) is 0 Å². The Labute approximate surface area is 85.7 Å². The molecule has 15 heavy (non-hydrogen) atoms. The summed E-state index contributed by atoms with van der Waals surface area (Å²) in [7, 11) is 1.66. The standard InChI is InChI=1S/C9H9N5O/c1-14-12-9(11-13-14)7-5-3-2-4-6(7)8(10)15/h2-5H,1H3,(H2,10,15). The Morgan fingerprint density at radius 3 is 2.73 bits per heavy atom. The van der Waals surface area contributed by atoms with E-state index in [1.807, 2.05) is 0 Å². The lowest BCUT2D eigenvalue weighted by atomic mass is 10.1. The number of hydrogen-bond acceptors (Lipinski definition) is 4. The van der Waals surface area contributed by atoms with E-state index < -0.39 is 5.91 Å². The average molecular weight is 203 g/mol. The van der Waals surface area contributed by atoms with Gasteiger partial charge >= 0.3 is 0 Å². The molecule has 0 atom stereocenters. The van der Waals surface area contributed by atoms with Gasteiger partial charge in [0.25, 0.3) is 0 Å². The van der Waals surface area contributed by atoms with E-state index in [-0.39, 0.29) is 0 Å². The average Bonchev–Trinajstić information content (AvgIpc) is 2.65. The minimum Gasteiger partial charge on any atom is -0.366 e. The Kier molecular flexibility index (Phi) is 2.17. The van der Waals surface area contributed by atoms with Crippen molar-refractivity contribution in [1.29, 1.82) is 0 Å². The van der Waals surface area contributed by atoms with Gasteiger partial charge in [0.1, 0.15) is 0 Å². The zero-order valence-corrected chi connectivity index (χ0v) is 8.08. The van der Waals surface area contributed by atoms with E-state index in [2.05, 4.69) is 15.4 Å². The van der Waals surface area contributed by atoms with Crippen molar-refractivity contribution >= 4 is 5.91 Å². The van der Waals surface area contributed by atoms with Crippen molar-refractivity contribution in [2.24, 2.45) is 12.8 Å². The number of hydrogen-bond donors (Lipinski definition) is 1. The highest BCUT2D eigenvalue weighted by Crippen LogP contribution is 2.18. The first-order valence-corrected chi connectivity index (χ1v) is 4.31. The van der Waals surface area contributed by atoms with Gasteiger partial charge in [-0.25, -0.2) is 0 Å². The van der Waals surface area contributed by atoms with Gasteiger partial charge < -0.3 is 5.73 Å². The summed E-state index contributed by atoms with van der Waals surface area (Å²) in [6.07, 6.45) is 0. The summed E-state index contributed by atoms with van der Waals surface area (Å²) >= 11 is 0. The van der Waals surface area contributed by atoms with Crippen molar-refractivity contribution in [3.05, 3.63) is 29.8 Å². The second-order valence-electron chi connectivity index (χ2n) is 3.01. The van der Waals surface area contributed by atoms with Crippen LogP contribution in [0.5, 0.6) is 0 Å². The van der Waals surface area contributed by atoms with Gasteiger partial charge in [0.2, 0.25) is 11.7 Å². The van der Waals surface area contributed by atoms with Crippen LogP contribution < -0.4 is 5.73 Å². The fourth-order valence-corrected chi connectivity index (χ4v) is 1.28. The van der Waals surface area contributed by atoms with Crippen molar-refractivity contribution in [2.75, 3.05) is 0 Å². The van der Waals surface area contributed by atoms with E-state index in [9.17, 15) is 4.79 Å². The molecule has 0 spiro atoms. The maximum absolute atomic E-state index is 11.1. The molecule has 0 radical (unpaired) electrons. The number of benzene rings is 1. The SMILES string of the molecule is Cn1nnc(-c2ccccc2C(N)=O)n1. The minimum atomic E-state index is -0.502. The number of nitrogens with two attached hydrogens (primary N) is 1. The Bertz CT molecular complexity index is 505. The third-order valence-corrected chi connectivity index (χ3v) is 1.94. The maximum atomic E-state index is 11.1. The molecular weight excluding hydrogens is 194 g/mol. The van der Waals surface area contributed by atoms with Crippen LogP contribution in [-0.4, -0.2) is 26.1 Å². The van der Waals surface area contributed by atoms with Gasteiger partial charge in [-0.05, 0) is 11.3 Å². The number of aryl methyl sites for hydroxylation is 1. The topological polar surface area (TPSA) is 86.7 Å². The van der Waals surface area contributed by atoms with Crippen LogP contribution in [0, 0.1) is 0 Å². The number of carbonyl (C=O) groups is 1. The summed E-state index contributed by atoms with van der Waals surface area (Å²) in [6, 6.07) is 6.89. The third-order valence-electron chi connectivity index (χ3n) is 1.94. The van der Waals surface area contributed by atoms with E-state index in [1.165, 1.54) is 4.80 Å². The first kappa shape index (κ1) is 9.32. The molecule has 0 bridgehead atoms. The van der Waals surface area contributed by atoms with E-state index in [4.69, 9.17) is 5.73 Å². The molecule has 6 nitrogen and oxygen atoms in total. The molecule has 0 aliphatic heterocycles. The lowest BCUT2D eigenvalue weighted by molar-refractivity contribution is 0.100. The largest absolute Gasteiger partial charge is 0.366 e. The molecule has 1 heterocycles. The van der Waals surface area contributed by atoms with Crippen molar-refractivity contribution in [1.82, 2.24) is 20.2 Å². The Balaban J connectivity index is 2.57. The molecule has 1 aromatic heterocycles. The van der Waals surface area contributed by atoms with Gasteiger partial charge in [0.15, 0.2) is 0 Å². The molecule has 6 heteroatoms. The van der Waals surface area contributed by atoms with Crippen molar-refractivity contribution in [2.45, 2.75) is 0 Å². The second-order valence-corrected chi connectivity index (χ2v) is 3.01. The third kappa shape index (κ3) is 1.69. The Morgan fingerprint density at radius 2 is 2.13 bits per heavy atom. The van der Waals surface area contributed by atoms with Crippen molar-refractivity contribution in [3.63, 3.8) is 0 Å². The van der Waals surface area contributed by atoms with Crippen LogP contribution in [0.2, 0.25) is 0 Å². The number of rotatable bonds is 2. The predicted octanol–water partition coefficient (Wildman–Crippen LogP) is -0.0240. The number of nitrogens with zero attached hydrogens (tertiary/aromatic N) is 4. The molecule has 1 amide bonds. The molecule has 0 saturated heterocycles. The van der Waals surface area contributed by atoms with Crippen LogP contribution in [0.3, 0.4) is 0 Å². The summed E-state index contributed by atoms with van der Waals surface area (Å²) in [5.41, 5.74) is 6.23. The molecular formula is C9H9N5O. The lowest BCUT2D eigenvalue weighted by Gasteiger charge is -2.00. The fraction of sp³-hybridized carbons (Fsp3) is 0.111. The molecule has 0 saturated carbocycles. The molecule has 76 valence electrons. The smallest absolute Gasteiger partial charge is 0.249 e. The van der Waals surface area contributed by atoms with Crippen LogP contribution >= 0.6 is 0 Å². The van der Waals surface area contributed by atoms with Gasteiger partial charge in [0.05, 0.1) is 12.6 Å². The fourth-order valence-electron chi connectivity index (χ4n) is 1.28. The maximum Gasteiger partial charge on any atom is 0.249 e. The van der Waals surface area contributed by atoms with Gasteiger partial charge in [-0.15, -0.1) is 10.2 Å². The molecule has 0 aliphatic carbocycles. The van der Waals surface area contributed by atoms with Gasteiger partial charge in [-0.3, -0.25) is 4.79 Å². The molecule has 2 N–H and O–H groups in total. The van der Waals surface area contributed by atoms with Crippen LogP contribution in [0.15, 0.2) is 24.3 Å². The number of tetrazole rings is 1.